The normalized spacial score (nSPS) is 18.9. The minimum absolute atomic E-state index is 0.0195. The number of rotatable bonds is 10. The number of thiazole rings is 1. The second kappa shape index (κ2) is 13.5. The van der Waals surface area contributed by atoms with Crippen LogP contribution < -0.4 is 15.9 Å². The highest BCUT2D eigenvalue weighted by molar-refractivity contribution is 7.07. The van der Waals surface area contributed by atoms with E-state index in [1.165, 1.54) is 16.2 Å². The van der Waals surface area contributed by atoms with Gasteiger partial charge in [-0.25, -0.2) is 4.99 Å². The van der Waals surface area contributed by atoms with Gasteiger partial charge in [0.2, 0.25) is 5.91 Å². The molecule has 1 aliphatic heterocycles. The van der Waals surface area contributed by atoms with Gasteiger partial charge in [-0.3, -0.25) is 19.3 Å². The minimum Gasteiger partial charge on any atom is -0.361 e. The molecule has 1 fully saturated rings. The number of hydrogen-bond donors (Lipinski definition) is 3. The van der Waals surface area contributed by atoms with Crippen LogP contribution in [0.2, 0.25) is 0 Å². The molecular weight excluding hydrogens is 609 g/mol. The van der Waals surface area contributed by atoms with Crippen molar-refractivity contribution in [2.45, 2.75) is 44.7 Å². The molecule has 2 aromatic heterocycles. The van der Waals surface area contributed by atoms with Crippen LogP contribution >= 0.6 is 11.3 Å². The number of carbonyl (C=O) groups is 3. The van der Waals surface area contributed by atoms with Gasteiger partial charge in [0.1, 0.15) is 6.04 Å². The second-order valence-corrected chi connectivity index (χ2v) is 13.4. The number of para-hydroxylation sites is 2. The standard InChI is InChI=1S/C37H38N6O3S/c38-19-24-9-8-10-25(17-24)20-40-34(44)33(18-26-21-39-32-16-7-6-13-29(26)32)43-28(23-47-37(43)41-27-11-2-1-3-12-27)22-42-35(45)30-14-4-5-15-31(30)36(42)46/h1-7,11-16,21,23-25,33,39H,8-10,17-20,22,38H2,(H,40,44)/t24?,25?,33-/m0/s1. The van der Waals surface area contributed by atoms with Crippen LogP contribution in [-0.4, -0.2) is 45.3 Å². The summed E-state index contributed by atoms with van der Waals surface area (Å²) >= 11 is 1.40. The summed E-state index contributed by atoms with van der Waals surface area (Å²) in [6, 6.07) is 23.9. The molecular formula is C37H38N6O3S. The summed E-state index contributed by atoms with van der Waals surface area (Å²) in [6.07, 6.45) is 6.68. The number of aromatic nitrogens is 2. The van der Waals surface area contributed by atoms with Crippen molar-refractivity contribution in [3.05, 3.63) is 118 Å². The number of aromatic amines is 1. The second-order valence-electron chi connectivity index (χ2n) is 12.5. The number of imide groups is 1. The molecule has 0 spiro atoms. The van der Waals surface area contributed by atoms with E-state index in [1.54, 1.807) is 24.3 Å². The van der Waals surface area contributed by atoms with Crippen LogP contribution in [0.5, 0.6) is 0 Å². The fourth-order valence-corrected chi connectivity index (χ4v) is 7.96. The lowest BCUT2D eigenvalue weighted by molar-refractivity contribution is -0.124. The molecule has 3 heterocycles. The number of amides is 3. The summed E-state index contributed by atoms with van der Waals surface area (Å²) in [5.74, 6) is 0.0560. The number of fused-ring (bicyclic) bond motifs is 2. The lowest BCUT2D eigenvalue weighted by Crippen LogP contribution is -2.41. The van der Waals surface area contributed by atoms with Gasteiger partial charge < -0.3 is 20.6 Å². The zero-order valence-electron chi connectivity index (χ0n) is 26.1. The molecule has 3 atom stereocenters. The molecule has 3 aromatic carbocycles. The van der Waals surface area contributed by atoms with Crippen molar-refractivity contribution < 1.29 is 14.4 Å². The summed E-state index contributed by atoms with van der Waals surface area (Å²) in [4.78, 5) is 51.5. The van der Waals surface area contributed by atoms with Gasteiger partial charge in [-0.05, 0) is 73.5 Å². The molecule has 1 saturated carbocycles. The van der Waals surface area contributed by atoms with Gasteiger partial charge >= 0.3 is 0 Å². The van der Waals surface area contributed by atoms with E-state index in [9.17, 15) is 14.4 Å². The van der Waals surface area contributed by atoms with Crippen molar-refractivity contribution in [1.29, 1.82) is 0 Å². The van der Waals surface area contributed by atoms with Crippen molar-refractivity contribution in [1.82, 2.24) is 19.8 Å². The minimum atomic E-state index is -0.693. The number of nitrogens with one attached hydrogen (secondary N) is 2. The zero-order chi connectivity index (χ0) is 32.3. The average molecular weight is 647 g/mol. The molecule has 4 N–H and O–H groups in total. The predicted octanol–water partition coefficient (Wildman–Crippen LogP) is 5.72. The van der Waals surface area contributed by atoms with E-state index in [4.69, 9.17) is 10.7 Å². The monoisotopic (exact) mass is 646 g/mol. The van der Waals surface area contributed by atoms with E-state index in [2.05, 4.69) is 16.4 Å². The number of nitrogens with two attached hydrogens (primary N) is 1. The molecule has 3 amide bonds. The van der Waals surface area contributed by atoms with Gasteiger partial charge in [-0.15, -0.1) is 11.3 Å². The Balaban J connectivity index is 1.29. The Kier molecular flexibility index (Phi) is 8.86. The van der Waals surface area contributed by atoms with Gasteiger partial charge in [0.25, 0.3) is 11.8 Å². The first-order chi connectivity index (χ1) is 23.0. The number of hydrogen-bond acceptors (Lipinski definition) is 6. The maximum atomic E-state index is 14.4. The van der Waals surface area contributed by atoms with Crippen molar-refractivity contribution >= 4 is 45.6 Å². The third kappa shape index (κ3) is 6.31. The van der Waals surface area contributed by atoms with Gasteiger partial charge in [-0.1, -0.05) is 55.0 Å². The van der Waals surface area contributed by atoms with Gasteiger partial charge in [0.05, 0.1) is 29.1 Å². The summed E-state index contributed by atoms with van der Waals surface area (Å²) in [5, 5.41) is 6.25. The predicted molar refractivity (Wildman–Crippen MR) is 183 cm³/mol. The third-order valence-electron chi connectivity index (χ3n) is 9.49. The van der Waals surface area contributed by atoms with Crippen LogP contribution in [0.4, 0.5) is 5.69 Å². The zero-order valence-corrected chi connectivity index (χ0v) is 26.9. The Morgan fingerprint density at radius 3 is 2.43 bits per heavy atom. The lowest BCUT2D eigenvalue weighted by Gasteiger charge is -2.29. The van der Waals surface area contributed by atoms with Crippen LogP contribution in [0.15, 0.2) is 95.4 Å². The molecule has 0 bridgehead atoms. The molecule has 9 nitrogen and oxygen atoms in total. The van der Waals surface area contributed by atoms with E-state index >= 15 is 0 Å². The quantitative estimate of drug-likeness (QED) is 0.168. The number of carbonyl (C=O) groups excluding carboxylic acids is 3. The fraction of sp³-hybridized carbons (Fsp3) is 0.297. The molecule has 47 heavy (non-hydrogen) atoms. The van der Waals surface area contributed by atoms with E-state index in [0.717, 1.165) is 47.8 Å². The number of H-pyrrole nitrogens is 1. The molecule has 7 rings (SSSR count). The molecule has 5 aromatic rings. The Bertz CT molecular complexity index is 1960. The van der Waals surface area contributed by atoms with Crippen LogP contribution in [-0.2, 0) is 17.8 Å². The summed E-state index contributed by atoms with van der Waals surface area (Å²) in [7, 11) is 0. The number of benzene rings is 3. The fourth-order valence-electron chi connectivity index (χ4n) is 7.02. The van der Waals surface area contributed by atoms with Crippen molar-refractivity contribution in [2.24, 2.45) is 22.6 Å². The van der Waals surface area contributed by atoms with E-state index in [0.29, 0.717) is 53.0 Å². The summed E-state index contributed by atoms with van der Waals surface area (Å²) < 4.78 is 1.93. The molecule has 2 aliphatic rings. The first-order valence-electron chi connectivity index (χ1n) is 16.3. The average Bonchev–Trinajstić information content (AvgIpc) is 3.77. The van der Waals surface area contributed by atoms with Crippen molar-refractivity contribution in [2.75, 3.05) is 13.1 Å². The van der Waals surface area contributed by atoms with Crippen molar-refractivity contribution in [3.63, 3.8) is 0 Å². The summed E-state index contributed by atoms with van der Waals surface area (Å²) in [5.41, 5.74) is 10.2. The maximum Gasteiger partial charge on any atom is 0.261 e. The topological polar surface area (TPSA) is 126 Å². The van der Waals surface area contributed by atoms with E-state index in [-0.39, 0.29) is 24.3 Å². The Morgan fingerprint density at radius 1 is 0.957 bits per heavy atom. The van der Waals surface area contributed by atoms with Crippen molar-refractivity contribution in [3.8, 4) is 0 Å². The maximum absolute atomic E-state index is 14.4. The van der Waals surface area contributed by atoms with E-state index in [1.807, 2.05) is 64.7 Å². The van der Waals surface area contributed by atoms with Gasteiger partial charge in [0.15, 0.2) is 4.80 Å². The highest BCUT2D eigenvalue weighted by Crippen LogP contribution is 2.30. The van der Waals surface area contributed by atoms with Gasteiger partial charge in [0, 0.05) is 35.4 Å². The smallest absolute Gasteiger partial charge is 0.261 e. The molecule has 10 heteroatoms. The Hall–Kier alpha value is -4.80. The van der Waals surface area contributed by atoms with Crippen LogP contribution in [0.3, 0.4) is 0 Å². The van der Waals surface area contributed by atoms with Crippen LogP contribution in [0.25, 0.3) is 10.9 Å². The third-order valence-corrected chi connectivity index (χ3v) is 10.4. The molecule has 0 saturated heterocycles. The van der Waals surface area contributed by atoms with Crippen LogP contribution in [0.1, 0.15) is 63.7 Å². The highest BCUT2D eigenvalue weighted by Gasteiger charge is 2.37. The summed E-state index contributed by atoms with van der Waals surface area (Å²) in [6.45, 7) is 1.26. The van der Waals surface area contributed by atoms with Crippen LogP contribution in [0, 0.1) is 11.8 Å². The number of nitrogens with zero attached hydrogens (tertiary/aromatic N) is 3. The molecule has 1 aliphatic carbocycles. The molecule has 240 valence electrons. The molecule has 2 unspecified atom stereocenters. The van der Waals surface area contributed by atoms with E-state index < -0.39 is 6.04 Å². The van der Waals surface area contributed by atoms with Gasteiger partial charge in [-0.2, -0.15) is 0 Å². The first-order valence-corrected chi connectivity index (χ1v) is 17.1. The largest absolute Gasteiger partial charge is 0.361 e. The Morgan fingerprint density at radius 2 is 1.66 bits per heavy atom. The Labute approximate surface area is 277 Å². The highest BCUT2D eigenvalue weighted by atomic mass is 32.1. The lowest BCUT2D eigenvalue weighted by atomic mass is 9.81. The first kappa shape index (κ1) is 30.8. The SMILES string of the molecule is NCC1CCCC(CNC(=O)[C@H](Cc2c[nH]c3ccccc23)n2c(CN3C(=O)c4ccccc4C3=O)csc2=Nc2ccccc2)C1. The molecule has 0 radical (unpaired) electrons.